The van der Waals surface area contributed by atoms with Crippen LogP contribution in [0.1, 0.15) is 34.1 Å². The SMILES string of the molecule is [CH2]C(C)(C)CCOCC(C)C. The molecule has 0 unspecified atom stereocenters. The molecule has 1 radical (unpaired) electrons. The molecule has 67 valence electrons. The fourth-order valence-electron chi connectivity index (χ4n) is 0.667. The van der Waals surface area contributed by atoms with Crippen LogP contribution in [0.2, 0.25) is 0 Å². The molecule has 0 aromatic heterocycles. The molecule has 0 rings (SSSR count). The molecule has 0 heterocycles. The minimum absolute atomic E-state index is 0.164. The Labute approximate surface area is 71.1 Å². The molecule has 0 N–H and O–H groups in total. The summed E-state index contributed by atoms with van der Waals surface area (Å²) in [6.07, 6.45) is 1.04. The molecule has 0 saturated heterocycles. The summed E-state index contributed by atoms with van der Waals surface area (Å²) in [6.45, 7) is 14.3. The van der Waals surface area contributed by atoms with Crippen molar-refractivity contribution >= 4 is 0 Å². The molecular weight excluding hydrogens is 136 g/mol. The van der Waals surface area contributed by atoms with E-state index in [1.165, 1.54) is 0 Å². The first-order chi connectivity index (χ1) is 4.92. The highest BCUT2D eigenvalue weighted by Gasteiger charge is 2.09. The maximum atomic E-state index is 5.43. The Morgan fingerprint density at radius 2 is 1.91 bits per heavy atom. The third kappa shape index (κ3) is 9.96. The van der Waals surface area contributed by atoms with Crippen molar-refractivity contribution in [2.45, 2.75) is 34.1 Å². The van der Waals surface area contributed by atoms with Crippen LogP contribution >= 0.6 is 0 Å². The Balaban J connectivity index is 3.15. The van der Waals surface area contributed by atoms with Crippen molar-refractivity contribution < 1.29 is 4.74 Å². The molecule has 0 atom stereocenters. The molecule has 11 heavy (non-hydrogen) atoms. The zero-order chi connectivity index (χ0) is 8.91. The predicted octanol–water partition coefficient (Wildman–Crippen LogP) is 2.91. The molecule has 1 nitrogen and oxygen atoms in total. The van der Waals surface area contributed by atoms with Crippen molar-refractivity contribution in [2.24, 2.45) is 11.3 Å². The second-order valence-corrected chi connectivity index (χ2v) is 4.38. The van der Waals surface area contributed by atoms with Crippen LogP contribution in [0.4, 0.5) is 0 Å². The van der Waals surface area contributed by atoms with E-state index in [1.54, 1.807) is 0 Å². The van der Waals surface area contributed by atoms with Crippen LogP contribution in [0.15, 0.2) is 0 Å². The van der Waals surface area contributed by atoms with Gasteiger partial charge in [0.2, 0.25) is 0 Å². The van der Waals surface area contributed by atoms with E-state index in [9.17, 15) is 0 Å². The van der Waals surface area contributed by atoms with Crippen molar-refractivity contribution in [1.82, 2.24) is 0 Å². The fraction of sp³-hybridized carbons (Fsp3) is 0.900. The Morgan fingerprint density at radius 1 is 1.36 bits per heavy atom. The third-order valence-corrected chi connectivity index (χ3v) is 1.37. The average molecular weight is 157 g/mol. The summed E-state index contributed by atoms with van der Waals surface area (Å²) in [5.41, 5.74) is 0.164. The highest BCUT2D eigenvalue weighted by molar-refractivity contribution is 4.69. The Morgan fingerprint density at radius 3 is 2.27 bits per heavy atom. The maximum absolute atomic E-state index is 5.43. The summed E-state index contributed by atoms with van der Waals surface area (Å²) in [6, 6.07) is 0. The topological polar surface area (TPSA) is 9.23 Å². The lowest BCUT2D eigenvalue weighted by Gasteiger charge is -2.17. The Kier molecular flexibility index (Phi) is 4.74. The largest absolute Gasteiger partial charge is 0.381 e. The molecule has 1 heteroatoms. The fourth-order valence-corrected chi connectivity index (χ4v) is 0.667. The van der Waals surface area contributed by atoms with Crippen molar-refractivity contribution in [3.63, 3.8) is 0 Å². The lowest BCUT2D eigenvalue weighted by atomic mass is 9.93. The van der Waals surface area contributed by atoms with Crippen molar-refractivity contribution in [3.8, 4) is 0 Å². The quantitative estimate of drug-likeness (QED) is 0.557. The van der Waals surface area contributed by atoms with Gasteiger partial charge in [-0.15, -0.1) is 0 Å². The number of ether oxygens (including phenoxy) is 1. The number of rotatable bonds is 5. The minimum atomic E-state index is 0.164. The zero-order valence-electron chi connectivity index (χ0n) is 8.31. The zero-order valence-corrected chi connectivity index (χ0v) is 8.31. The van der Waals surface area contributed by atoms with E-state index in [-0.39, 0.29) is 5.41 Å². The van der Waals surface area contributed by atoms with Gasteiger partial charge in [-0.25, -0.2) is 0 Å². The van der Waals surface area contributed by atoms with Crippen molar-refractivity contribution in [1.29, 1.82) is 0 Å². The monoisotopic (exact) mass is 157 g/mol. The van der Waals surface area contributed by atoms with Gasteiger partial charge in [0.1, 0.15) is 0 Å². The van der Waals surface area contributed by atoms with E-state index < -0.39 is 0 Å². The van der Waals surface area contributed by atoms with Gasteiger partial charge in [-0.1, -0.05) is 27.7 Å². The summed E-state index contributed by atoms with van der Waals surface area (Å²) in [4.78, 5) is 0. The average Bonchev–Trinajstić information content (AvgIpc) is 1.78. The third-order valence-electron chi connectivity index (χ3n) is 1.37. The molecule has 0 aromatic rings. The van der Waals surface area contributed by atoms with Gasteiger partial charge in [0.05, 0.1) is 0 Å². The van der Waals surface area contributed by atoms with Crippen LogP contribution in [-0.4, -0.2) is 13.2 Å². The molecular formula is C10H21O. The lowest BCUT2D eigenvalue weighted by molar-refractivity contribution is 0.0923. The van der Waals surface area contributed by atoms with Crippen LogP contribution in [0.3, 0.4) is 0 Å². The van der Waals surface area contributed by atoms with Gasteiger partial charge in [-0.05, 0) is 24.7 Å². The highest BCUT2D eigenvalue weighted by atomic mass is 16.5. The summed E-state index contributed by atoms with van der Waals surface area (Å²) < 4.78 is 5.43. The highest BCUT2D eigenvalue weighted by Crippen LogP contribution is 2.17. The van der Waals surface area contributed by atoms with Gasteiger partial charge in [0.25, 0.3) is 0 Å². The van der Waals surface area contributed by atoms with Crippen LogP contribution in [0.25, 0.3) is 0 Å². The van der Waals surface area contributed by atoms with E-state index in [0.717, 1.165) is 19.6 Å². The number of hydrogen-bond acceptors (Lipinski definition) is 1. The van der Waals surface area contributed by atoms with Gasteiger partial charge in [-0.3, -0.25) is 0 Å². The second kappa shape index (κ2) is 4.76. The summed E-state index contributed by atoms with van der Waals surface area (Å²) in [5, 5.41) is 0. The first-order valence-corrected chi connectivity index (χ1v) is 4.35. The molecule has 0 aliphatic rings. The summed E-state index contributed by atoms with van der Waals surface area (Å²) in [7, 11) is 0. The van der Waals surface area contributed by atoms with Gasteiger partial charge in [0.15, 0.2) is 0 Å². The van der Waals surface area contributed by atoms with E-state index in [0.29, 0.717) is 5.92 Å². The first-order valence-electron chi connectivity index (χ1n) is 4.35. The Hall–Kier alpha value is -0.0400. The first kappa shape index (κ1) is 11.0. The molecule has 0 spiro atoms. The number of hydrogen-bond donors (Lipinski definition) is 0. The van der Waals surface area contributed by atoms with E-state index in [2.05, 4.69) is 34.6 Å². The smallest absolute Gasteiger partial charge is 0.0488 e. The molecule has 0 aliphatic carbocycles. The molecule has 0 bridgehead atoms. The van der Waals surface area contributed by atoms with Gasteiger partial charge in [-0.2, -0.15) is 0 Å². The van der Waals surface area contributed by atoms with Crippen LogP contribution in [0.5, 0.6) is 0 Å². The normalized spacial score (nSPS) is 12.5. The molecule has 0 amide bonds. The van der Waals surface area contributed by atoms with Crippen LogP contribution < -0.4 is 0 Å². The molecule has 0 aromatic carbocycles. The Bertz CT molecular complexity index is 89.5. The van der Waals surface area contributed by atoms with Crippen LogP contribution in [0, 0.1) is 18.3 Å². The second-order valence-electron chi connectivity index (χ2n) is 4.38. The van der Waals surface area contributed by atoms with Crippen molar-refractivity contribution in [2.75, 3.05) is 13.2 Å². The molecule has 0 aliphatic heterocycles. The van der Waals surface area contributed by atoms with Crippen LogP contribution in [-0.2, 0) is 4.74 Å². The summed E-state index contributed by atoms with van der Waals surface area (Å²) in [5.74, 6) is 0.642. The standard InChI is InChI=1S/C10H21O/c1-9(2)8-11-7-6-10(3,4)5/h9H,3,6-8H2,1-2,4-5H3. The predicted molar refractivity (Wildman–Crippen MR) is 49.4 cm³/mol. The maximum Gasteiger partial charge on any atom is 0.0488 e. The minimum Gasteiger partial charge on any atom is -0.381 e. The lowest BCUT2D eigenvalue weighted by Crippen LogP contribution is -2.11. The van der Waals surface area contributed by atoms with E-state index in [4.69, 9.17) is 4.74 Å². The summed E-state index contributed by atoms with van der Waals surface area (Å²) >= 11 is 0. The van der Waals surface area contributed by atoms with Gasteiger partial charge < -0.3 is 4.74 Å². The van der Waals surface area contributed by atoms with Gasteiger partial charge >= 0.3 is 0 Å². The van der Waals surface area contributed by atoms with Crippen molar-refractivity contribution in [3.05, 3.63) is 6.92 Å². The molecule has 0 saturated carbocycles. The molecule has 0 fully saturated rings. The van der Waals surface area contributed by atoms with E-state index in [1.807, 2.05) is 0 Å². The van der Waals surface area contributed by atoms with Gasteiger partial charge in [0, 0.05) is 13.2 Å². The van der Waals surface area contributed by atoms with E-state index >= 15 is 0 Å².